The summed E-state index contributed by atoms with van der Waals surface area (Å²) < 4.78 is 5.76. The maximum Gasteiger partial charge on any atom is 0.121 e. The zero-order valence-corrected chi connectivity index (χ0v) is 9.13. The summed E-state index contributed by atoms with van der Waals surface area (Å²) in [5.41, 5.74) is 1.04. The molecule has 82 valence electrons. The van der Waals surface area contributed by atoms with Crippen LogP contribution < -0.4 is 4.74 Å². The minimum Gasteiger partial charge on any atom is -0.508 e. The van der Waals surface area contributed by atoms with Gasteiger partial charge in [0.05, 0.1) is 0 Å². The normalized spacial score (nSPS) is 12.1. The van der Waals surface area contributed by atoms with Crippen molar-refractivity contribution in [2.75, 3.05) is 0 Å². The minimum atomic E-state index is -0.0250. The van der Waals surface area contributed by atoms with Crippen LogP contribution in [-0.4, -0.2) is 5.11 Å². The van der Waals surface area contributed by atoms with Gasteiger partial charge in [-0.2, -0.15) is 0 Å². The maximum atomic E-state index is 9.19. The van der Waals surface area contributed by atoms with Gasteiger partial charge in [-0.25, -0.2) is 0 Å². The molecule has 0 heterocycles. The number of hydrogen-bond acceptors (Lipinski definition) is 2. The Labute approximate surface area is 95.1 Å². The Hall–Kier alpha value is -1.96. The molecule has 0 aliphatic heterocycles. The van der Waals surface area contributed by atoms with Gasteiger partial charge in [0.25, 0.3) is 0 Å². The number of rotatable bonds is 3. The van der Waals surface area contributed by atoms with Crippen molar-refractivity contribution in [2.45, 2.75) is 13.0 Å². The summed E-state index contributed by atoms with van der Waals surface area (Å²) >= 11 is 0. The number of phenolic OH excluding ortho intramolecular Hbond substituents is 1. The Balaban J connectivity index is 2.09. The second-order valence-electron chi connectivity index (χ2n) is 3.66. The third-order valence-corrected chi connectivity index (χ3v) is 2.42. The molecule has 2 aromatic rings. The van der Waals surface area contributed by atoms with E-state index in [0.717, 1.165) is 11.3 Å². The fourth-order valence-electron chi connectivity index (χ4n) is 1.52. The van der Waals surface area contributed by atoms with E-state index in [-0.39, 0.29) is 11.9 Å². The lowest BCUT2D eigenvalue weighted by Gasteiger charge is -2.14. The summed E-state index contributed by atoms with van der Waals surface area (Å²) in [6.07, 6.45) is -0.0250. The van der Waals surface area contributed by atoms with Crippen LogP contribution in [0.15, 0.2) is 54.6 Å². The molecule has 16 heavy (non-hydrogen) atoms. The summed E-state index contributed by atoms with van der Waals surface area (Å²) in [7, 11) is 0. The highest BCUT2D eigenvalue weighted by Crippen LogP contribution is 2.22. The van der Waals surface area contributed by atoms with Gasteiger partial charge in [-0.05, 0) is 36.8 Å². The van der Waals surface area contributed by atoms with Crippen LogP contribution in [0.1, 0.15) is 18.6 Å². The highest BCUT2D eigenvalue weighted by atomic mass is 16.5. The molecule has 0 radical (unpaired) electrons. The molecule has 0 spiro atoms. The Morgan fingerprint density at radius 3 is 2.19 bits per heavy atom. The van der Waals surface area contributed by atoms with Crippen molar-refractivity contribution in [3.05, 3.63) is 60.2 Å². The van der Waals surface area contributed by atoms with E-state index < -0.39 is 0 Å². The van der Waals surface area contributed by atoms with Crippen molar-refractivity contribution in [1.82, 2.24) is 0 Å². The molecule has 2 nitrogen and oxygen atoms in total. The van der Waals surface area contributed by atoms with E-state index in [1.54, 1.807) is 12.1 Å². The van der Waals surface area contributed by atoms with Crippen LogP contribution in [0.4, 0.5) is 0 Å². The van der Waals surface area contributed by atoms with Gasteiger partial charge in [0.15, 0.2) is 0 Å². The summed E-state index contributed by atoms with van der Waals surface area (Å²) in [6, 6.07) is 16.8. The predicted octanol–water partition coefficient (Wildman–Crippen LogP) is 3.53. The Bertz CT molecular complexity index is 434. The van der Waals surface area contributed by atoms with Crippen molar-refractivity contribution in [2.24, 2.45) is 0 Å². The maximum absolute atomic E-state index is 9.19. The smallest absolute Gasteiger partial charge is 0.121 e. The molecule has 0 bridgehead atoms. The van der Waals surface area contributed by atoms with E-state index in [9.17, 15) is 5.11 Å². The molecular weight excluding hydrogens is 200 g/mol. The van der Waals surface area contributed by atoms with Crippen molar-refractivity contribution in [3.8, 4) is 11.5 Å². The van der Waals surface area contributed by atoms with Crippen LogP contribution in [0.2, 0.25) is 0 Å². The van der Waals surface area contributed by atoms with Gasteiger partial charge >= 0.3 is 0 Å². The molecule has 2 heteroatoms. The second-order valence-corrected chi connectivity index (χ2v) is 3.66. The largest absolute Gasteiger partial charge is 0.508 e. The van der Waals surface area contributed by atoms with E-state index in [1.807, 2.05) is 49.4 Å². The summed E-state index contributed by atoms with van der Waals surface area (Å²) in [5.74, 6) is 1.12. The van der Waals surface area contributed by atoms with Crippen LogP contribution in [0.3, 0.4) is 0 Å². The Kier molecular flexibility index (Phi) is 3.10. The first-order chi connectivity index (χ1) is 7.75. The topological polar surface area (TPSA) is 29.5 Å². The fourth-order valence-corrected chi connectivity index (χ4v) is 1.52. The lowest BCUT2D eigenvalue weighted by atomic mass is 10.1. The number of phenols is 1. The van der Waals surface area contributed by atoms with Gasteiger partial charge in [-0.15, -0.1) is 0 Å². The van der Waals surface area contributed by atoms with E-state index >= 15 is 0 Å². The molecular formula is C14H14O2. The van der Waals surface area contributed by atoms with Crippen LogP contribution in [0, 0.1) is 0 Å². The lowest BCUT2D eigenvalue weighted by Crippen LogP contribution is -2.02. The van der Waals surface area contributed by atoms with Crippen molar-refractivity contribution in [1.29, 1.82) is 0 Å². The Morgan fingerprint density at radius 2 is 1.56 bits per heavy atom. The summed E-state index contributed by atoms with van der Waals surface area (Å²) in [4.78, 5) is 0. The average molecular weight is 214 g/mol. The van der Waals surface area contributed by atoms with E-state index in [1.165, 1.54) is 0 Å². The molecule has 0 fully saturated rings. The summed E-state index contributed by atoms with van der Waals surface area (Å²) in [6.45, 7) is 1.99. The number of para-hydroxylation sites is 1. The first kappa shape index (κ1) is 10.6. The number of aromatic hydroxyl groups is 1. The minimum absolute atomic E-state index is 0.0250. The number of ether oxygens (including phenoxy) is 1. The molecule has 0 aliphatic rings. The van der Waals surface area contributed by atoms with Crippen molar-refractivity contribution in [3.63, 3.8) is 0 Å². The first-order valence-electron chi connectivity index (χ1n) is 5.26. The third-order valence-electron chi connectivity index (χ3n) is 2.42. The molecule has 1 atom stereocenters. The molecule has 2 aromatic carbocycles. The van der Waals surface area contributed by atoms with E-state index in [4.69, 9.17) is 4.74 Å². The van der Waals surface area contributed by atoms with Crippen molar-refractivity contribution >= 4 is 0 Å². The molecule has 0 aromatic heterocycles. The Morgan fingerprint density at radius 1 is 0.938 bits per heavy atom. The third kappa shape index (κ3) is 2.54. The van der Waals surface area contributed by atoms with E-state index in [0.29, 0.717) is 0 Å². The molecule has 2 rings (SSSR count). The van der Waals surface area contributed by atoms with Gasteiger partial charge < -0.3 is 9.84 Å². The number of benzene rings is 2. The molecule has 1 unspecified atom stereocenters. The SMILES string of the molecule is CC(Oc1ccccc1)c1ccc(O)cc1. The zero-order valence-electron chi connectivity index (χ0n) is 9.13. The van der Waals surface area contributed by atoms with Crippen LogP contribution in [0.5, 0.6) is 11.5 Å². The van der Waals surface area contributed by atoms with E-state index in [2.05, 4.69) is 0 Å². The average Bonchev–Trinajstić information content (AvgIpc) is 2.31. The van der Waals surface area contributed by atoms with Gasteiger partial charge in [-0.1, -0.05) is 30.3 Å². The molecule has 0 aliphatic carbocycles. The second kappa shape index (κ2) is 4.71. The summed E-state index contributed by atoms with van der Waals surface area (Å²) in [5, 5.41) is 9.19. The molecule has 0 saturated carbocycles. The van der Waals surface area contributed by atoms with Crippen LogP contribution >= 0.6 is 0 Å². The standard InChI is InChI=1S/C14H14O2/c1-11(12-7-9-13(15)10-8-12)16-14-5-3-2-4-6-14/h2-11,15H,1H3. The van der Waals surface area contributed by atoms with Crippen LogP contribution in [-0.2, 0) is 0 Å². The lowest BCUT2D eigenvalue weighted by molar-refractivity contribution is 0.227. The predicted molar refractivity (Wildman–Crippen MR) is 63.6 cm³/mol. The molecule has 1 N–H and O–H groups in total. The van der Waals surface area contributed by atoms with Gasteiger partial charge in [0, 0.05) is 0 Å². The first-order valence-corrected chi connectivity index (χ1v) is 5.26. The quantitative estimate of drug-likeness (QED) is 0.846. The van der Waals surface area contributed by atoms with Gasteiger partial charge in [-0.3, -0.25) is 0 Å². The highest BCUT2D eigenvalue weighted by molar-refractivity contribution is 5.28. The monoisotopic (exact) mass is 214 g/mol. The van der Waals surface area contributed by atoms with Gasteiger partial charge in [0.1, 0.15) is 17.6 Å². The fraction of sp³-hybridized carbons (Fsp3) is 0.143. The van der Waals surface area contributed by atoms with Gasteiger partial charge in [0.2, 0.25) is 0 Å². The molecule has 0 saturated heterocycles. The number of hydrogen-bond donors (Lipinski definition) is 1. The van der Waals surface area contributed by atoms with Crippen LogP contribution in [0.25, 0.3) is 0 Å². The molecule has 0 amide bonds. The van der Waals surface area contributed by atoms with Crippen molar-refractivity contribution < 1.29 is 9.84 Å². The highest BCUT2D eigenvalue weighted by Gasteiger charge is 2.06. The zero-order chi connectivity index (χ0) is 11.4.